The predicted octanol–water partition coefficient (Wildman–Crippen LogP) is 4.51. The Morgan fingerprint density at radius 2 is 2.00 bits per heavy atom. The van der Waals surface area contributed by atoms with E-state index in [0.29, 0.717) is 25.3 Å². The molecule has 0 spiro atoms. The normalized spacial score (nSPS) is 14.9. The Morgan fingerprint density at radius 1 is 1.16 bits per heavy atom. The summed E-state index contributed by atoms with van der Waals surface area (Å²) < 4.78 is 0. The summed E-state index contributed by atoms with van der Waals surface area (Å²) in [6.07, 6.45) is 0.790. The summed E-state index contributed by atoms with van der Waals surface area (Å²) in [7, 11) is 1.95. The monoisotopic (exact) mass is 464 g/mol. The Balaban J connectivity index is 1.53. The summed E-state index contributed by atoms with van der Waals surface area (Å²) in [5, 5.41) is 15.9. The number of fused-ring (bicyclic) bond motifs is 1. The molecule has 1 saturated heterocycles. The highest BCUT2D eigenvalue weighted by molar-refractivity contribution is 7.17. The van der Waals surface area contributed by atoms with Gasteiger partial charge in [0.25, 0.3) is 0 Å². The van der Waals surface area contributed by atoms with Gasteiger partial charge in [0.2, 0.25) is 5.91 Å². The van der Waals surface area contributed by atoms with Crippen LogP contribution in [0.4, 0.5) is 5.82 Å². The van der Waals surface area contributed by atoms with Crippen LogP contribution in [-0.4, -0.2) is 58.7 Å². The minimum atomic E-state index is -0.656. The van der Waals surface area contributed by atoms with E-state index in [4.69, 9.17) is 9.97 Å². The van der Waals surface area contributed by atoms with E-state index in [1.807, 2.05) is 47.7 Å². The average molecular weight is 465 g/mol. The molecule has 1 atom stereocenters. The van der Waals surface area contributed by atoms with Crippen LogP contribution in [0.3, 0.4) is 0 Å². The van der Waals surface area contributed by atoms with Crippen molar-refractivity contribution in [2.24, 2.45) is 0 Å². The second-order valence-corrected chi connectivity index (χ2v) is 9.83. The van der Waals surface area contributed by atoms with Crippen LogP contribution in [0.5, 0.6) is 0 Å². The van der Waals surface area contributed by atoms with E-state index >= 15 is 0 Å². The van der Waals surface area contributed by atoms with Crippen molar-refractivity contribution < 1.29 is 9.90 Å². The number of aromatic nitrogens is 2. The van der Waals surface area contributed by atoms with E-state index in [9.17, 15) is 9.90 Å². The number of nitrogens with zero attached hydrogens (tertiary/aromatic N) is 4. The number of aliphatic hydroxyl groups excluding tert-OH is 1. The maximum Gasteiger partial charge on any atom is 0.222 e. The molecule has 4 heterocycles. The summed E-state index contributed by atoms with van der Waals surface area (Å²) in [5.74, 6) is 1.62. The standard InChI is InChI=1S/C24H24N4O2S2/c1-27(13-17(29)14-28-11-5-10-20(28)30)23-21-18(16-7-3-2-4-8-16)15-32-24(21)26-22(25-23)19-9-6-12-31-19/h2-4,6-9,12,15,17,29H,5,10-11,13-14H2,1H3. The summed E-state index contributed by atoms with van der Waals surface area (Å²) in [4.78, 5) is 27.4. The number of likely N-dealkylation sites (N-methyl/N-ethyl adjacent to an activating group) is 1. The molecule has 1 aromatic carbocycles. The minimum absolute atomic E-state index is 0.125. The van der Waals surface area contributed by atoms with Gasteiger partial charge in [-0.1, -0.05) is 36.4 Å². The summed E-state index contributed by atoms with van der Waals surface area (Å²) in [5.41, 5.74) is 2.21. The van der Waals surface area contributed by atoms with Gasteiger partial charge >= 0.3 is 0 Å². The lowest BCUT2D eigenvalue weighted by atomic mass is 10.1. The fourth-order valence-electron chi connectivity index (χ4n) is 4.16. The molecule has 0 bridgehead atoms. The quantitative estimate of drug-likeness (QED) is 0.436. The van der Waals surface area contributed by atoms with Gasteiger partial charge in [0.1, 0.15) is 10.6 Å². The molecule has 1 amide bonds. The molecule has 164 valence electrons. The van der Waals surface area contributed by atoms with Crippen molar-refractivity contribution in [3.63, 3.8) is 0 Å². The topological polar surface area (TPSA) is 69.6 Å². The zero-order valence-corrected chi connectivity index (χ0v) is 19.4. The number of carbonyl (C=O) groups is 1. The molecule has 1 aliphatic heterocycles. The predicted molar refractivity (Wildman–Crippen MR) is 131 cm³/mol. The number of hydrogen-bond donors (Lipinski definition) is 1. The number of aliphatic hydroxyl groups is 1. The highest BCUT2D eigenvalue weighted by Gasteiger charge is 2.25. The van der Waals surface area contributed by atoms with Crippen LogP contribution in [0.25, 0.3) is 32.0 Å². The van der Waals surface area contributed by atoms with Gasteiger partial charge in [-0.05, 0) is 23.4 Å². The number of benzene rings is 1. The van der Waals surface area contributed by atoms with Gasteiger partial charge in [-0.3, -0.25) is 4.79 Å². The molecule has 0 aliphatic carbocycles. The second kappa shape index (κ2) is 8.97. The number of amides is 1. The maximum absolute atomic E-state index is 12.0. The van der Waals surface area contributed by atoms with Crippen LogP contribution in [-0.2, 0) is 4.79 Å². The molecule has 6 nitrogen and oxygen atoms in total. The molecular formula is C24H24N4O2S2. The van der Waals surface area contributed by atoms with Gasteiger partial charge in [0, 0.05) is 44.0 Å². The van der Waals surface area contributed by atoms with Crippen molar-refractivity contribution in [2.45, 2.75) is 18.9 Å². The van der Waals surface area contributed by atoms with E-state index in [0.717, 1.165) is 45.0 Å². The molecule has 1 fully saturated rings. The van der Waals surface area contributed by atoms with Gasteiger partial charge in [-0.15, -0.1) is 22.7 Å². The number of anilines is 1. The largest absolute Gasteiger partial charge is 0.389 e. The van der Waals surface area contributed by atoms with E-state index < -0.39 is 6.10 Å². The van der Waals surface area contributed by atoms with Crippen LogP contribution >= 0.6 is 22.7 Å². The highest BCUT2D eigenvalue weighted by atomic mass is 32.1. The Hall–Kier alpha value is -2.81. The van der Waals surface area contributed by atoms with Crippen molar-refractivity contribution in [1.29, 1.82) is 0 Å². The van der Waals surface area contributed by atoms with E-state index in [1.165, 1.54) is 0 Å². The van der Waals surface area contributed by atoms with Gasteiger partial charge in [0.15, 0.2) is 5.82 Å². The number of likely N-dealkylation sites (tertiary alicyclic amines) is 1. The van der Waals surface area contributed by atoms with E-state index in [-0.39, 0.29) is 5.91 Å². The van der Waals surface area contributed by atoms with Crippen molar-refractivity contribution in [3.8, 4) is 21.8 Å². The smallest absolute Gasteiger partial charge is 0.222 e. The van der Waals surface area contributed by atoms with Crippen LogP contribution in [0.1, 0.15) is 12.8 Å². The van der Waals surface area contributed by atoms with Crippen molar-refractivity contribution in [3.05, 3.63) is 53.2 Å². The molecule has 1 aliphatic rings. The Bertz CT molecular complexity index is 1220. The fourth-order valence-corrected chi connectivity index (χ4v) is 5.76. The molecular weight excluding hydrogens is 440 g/mol. The average Bonchev–Trinajstić information content (AvgIpc) is 3.55. The lowest BCUT2D eigenvalue weighted by Gasteiger charge is -2.26. The molecule has 1 unspecified atom stereocenters. The molecule has 0 radical (unpaired) electrons. The lowest BCUT2D eigenvalue weighted by Crippen LogP contribution is -2.39. The first kappa shape index (κ1) is 21.1. The zero-order valence-electron chi connectivity index (χ0n) is 17.8. The first-order valence-corrected chi connectivity index (χ1v) is 12.4. The van der Waals surface area contributed by atoms with E-state index in [2.05, 4.69) is 17.5 Å². The zero-order chi connectivity index (χ0) is 22.1. The molecule has 1 N–H and O–H groups in total. The number of β-amino-alcohol motifs (C(OH)–C–C–N with tert-alkyl or cyclic N) is 1. The van der Waals surface area contributed by atoms with Crippen LogP contribution in [0.2, 0.25) is 0 Å². The lowest BCUT2D eigenvalue weighted by molar-refractivity contribution is -0.128. The fraction of sp³-hybridized carbons (Fsp3) is 0.292. The van der Waals surface area contributed by atoms with Crippen LogP contribution in [0.15, 0.2) is 53.2 Å². The molecule has 32 heavy (non-hydrogen) atoms. The molecule has 3 aromatic heterocycles. The third kappa shape index (κ3) is 4.13. The second-order valence-electron chi connectivity index (χ2n) is 8.02. The molecule has 5 rings (SSSR count). The third-order valence-electron chi connectivity index (χ3n) is 5.69. The summed E-state index contributed by atoms with van der Waals surface area (Å²) >= 11 is 3.22. The van der Waals surface area contributed by atoms with Crippen molar-refractivity contribution >= 4 is 44.6 Å². The maximum atomic E-state index is 12.0. The van der Waals surface area contributed by atoms with Gasteiger partial charge in [-0.2, -0.15) is 0 Å². The van der Waals surface area contributed by atoms with Crippen LogP contribution in [0, 0.1) is 0 Å². The van der Waals surface area contributed by atoms with Gasteiger partial charge in [0.05, 0.1) is 16.4 Å². The number of carbonyl (C=O) groups excluding carboxylic acids is 1. The minimum Gasteiger partial charge on any atom is -0.389 e. The summed E-state index contributed by atoms with van der Waals surface area (Å²) in [6, 6.07) is 14.3. The van der Waals surface area contributed by atoms with Gasteiger partial charge in [-0.25, -0.2) is 9.97 Å². The van der Waals surface area contributed by atoms with Gasteiger partial charge < -0.3 is 14.9 Å². The number of thiophene rings is 2. The molecule has 8 heteroatoms. The third-order valence-corrected chi connectivity index (χ3v) is 7.43. The molecule has 4 aromatic rings. The first-order chi connectivity index (χ1) is 15.6. The molecule has 0 saturated carbocycles. The van der Waals surface area contributed by atoms with Crippen molar-refractivity contribution in [2.75, 3.05) is 31.6 Å². The Labute approximate surface area is 194 Å². The highest BCUT2D eigenvalue weighted by Crippen LogP contribution is 2.39. The Morgan fingerprint density at radius 3 is 2.72 bits per heavy atom. The van der Waals surface area contributed by atoms with Crippen molar-refractivity contribution in [1.82, 2.24) is 14.9 Å². The SMILES string of the molecule is CN(CC(O)CN1CCCC1=O)c1nc(-c2cccs2)nc2scc(-c3ccccc3)c12. The number of hydrogen-bond acceptors (Lipinski definition) is 7. The first-order valence-electron chi connectivity index (χ1n) is 10.7. The number of rotatable bonds is 7. The Kier molecular flexibility index (Phi) is 5.91. The summed E-state index contributed by atoms with van der Waals surface area (Å²) in [6.45, 7) is 1.46. The van der Waals surface area contributed by atoms with Crippen LogP contribution < -0.4 is 4.90 Å². The van der Waals surface area contributed by atoms with E-state index in [1.54, 1.807) is 27.6 Å².